The highest BCUT2D eigenvalue weighted by Gasteiger charge is 2.12. The van der Waals surface area contributed by atoms with Gasteiger partial charge in [0.05, 0.1) is 20.8 Å². The molecular weight excluding hydrogens is 330 g/mol. The molecule has 0 atom stereocenters. The second-order valence-corrected chi connectivity index (χ2v) is 6.39. The number of ether oxygens (including phenoxy) is 3. The number of methoxy groups -OCH3 is 2. The van der Waals surface area contributed by atoms with Gasteiger partial charge in [0.25, 0.3) is 5.91 Å². The maximum Gasteiger partial charge on any atom is 0.251 e. The maximum absolute atomic E-state index is 12.5. The van der Waals surface area contributed by atoms with E-state index >= 15 is 0 Å². The van der Waals surface area contributed by atoms with E-state index in [0.717, 1.165) is 17.7 Å². The lowest BCUT2D eigenvalue weighted by Crippen LogP contribution is -2.23. The van der Waals surface area contributed by atoms with Crippen LogP contribution >= 0.6 is 0 Å². The van der Waals surface area contributed by atoms with Crippen molar-refractivity contribution in [3.05, 3.63) is 53.6 Å². The smallest absolute Gasteiger partial charge is 0.251 e. The maximum atomic E-state index is 12.5. The van der Waals surface area contributed by atoms with Crippen LogP contribution in [0.5, 0.6) is 17.2 Å². The predicted octanol–water partition coefficient (Wildman–Crippen LogP) is 4.06. The fraction of sp³-hybridized carbons (Fsp3) is 0.381. The largest absolute Gasteiger partial charge is 0.496 e. The molecule has 0 fully saturated rings. The lowest BCUT2D eigenvalue weighted by atomic mass is 10.1. The van der Waals surface area contributed by atoms with E-state index in [-0.39, 0.29) is 5.91 Å². The third-order valence-electron chi connectivity index (χ3n) is 4.01. The molecule has 2 rings (SSSR count). The SMILES string of the molecule is COc1ccccc1CNC(=O)c1ccc(OCCC(C)C)c(OC)c1. The number of amides is 1. The van der Waals surface area contributed by atoms with Crippen molar-refractivity contribution in [2.75, 3.05) is 20.8 Å². The molecule has 26 heavy (non-hydrogen) atoms. The van der Waals surface area contributed by atoms with Gasteiger partial charge in [-0.2, -0.15) is 0 Å². The lowest BCUT2D eigenvalue weighted by molar-refractivity contribution is 0.0950. The van der Waals surface area contributed by atoms with E-state index in [2.05, 4.69) is 19.2 Å². The van der Waals surface area contributed by atoms with Gasteiger partial charge in [-0.25, -0.2) is 0 Å². The van der Waals surface area contributed by atoms with Crippen molar-refractivity contribution < 1.29 is 19.0 Å². The van der Waals surface area contributed by atoms with Crippen molar-refractivity contribution in [1.82, 2.24) is 5.32 Å². The van der Waals surface area contributed by atoms with Crippen LogP contribution in [0, 0.1) is 5.92 Å². The summed E-state index contributed by atoms with van der Waals surface area (Å²) < 4.78 is 16.4. The van der Waals surface area contributed by atoms with Crippen molar-refractivity contribution in [2.24, 2.45) is 5.92 Å². The van der Waals surface area contributed by atoms with Crippen LogP contribution in [0.15, 0.2) is 42.5 Å². The van der Waals surface area contributed by atoms with E-state index in [4.69, 9.17) is 14.2 Å². The molecule has 140 valence electrons. The van der Waals surface area contributed by atoms with Gasteiger partial charge in [0.2, 0.25) is 0 Å². The van der Waals surface area contributed by atoms with Crippen molar-refractivity contribution in [3.8, 4) is 17.2 Å². The summed E-state index contributed by atoms with van der Waals surface area (Å²) in [7, 11) is 3.19. The van der Waals surface area contributed by atoms with Gasteiger partial charge >= 0.3 is 0 Å². The molecule has 0 spiro atoms. The Morgan fingerprint density at radius 1 is 1.00 bits per heavy atom. The molecule has 0 radical (unpaired) electrons. The summed E-state index contributed by atoms with van der Waals surface area (Å²) in [6.07, 6.45) is 0.963. The summed E-state index contributed by atoms with van der Waals surface area (Å²) in [5.74, 6) is 2.34. The predicted molar refractivity (Wildman–Crippen MR) is 102 cm³/mol. The van der Waals surface area contributed by atoms with Crippen molar-refractivity contribution in [2.45, 2.75) is 26.8 Å². The topological polar surface area (TPSA) is 56.8 Å². The highest BCUT2D eigenvalue weighted by molar-refractivity contribution is 5.94. The third-order valence-corrected chi connectivity index (χ3v) is 4.01. The van der Waals surface area contributed by atoms with Crippen LogP contribution in [0.4, 0.5) is 0 Å². The van der Waals surface area contributed by atoms with E-state index in [0.29, 0.717) is 36.1 Å². The van der Waals surface area contributed by atoms with Gasteiger partial charge in [-0.15, -0.1) is 0 Å². The highest BCUT2D eigenvalue weighted by atomic mass is 16.5. The van der Waals surface area contributed by atoms with Crippen molar-refractivity contribution in [1.29, 1.82) is 0 Å². The number of para-hydroxylation sites is 1. The molecule has 5 heteroatoms. The zero-order valence-corrected chi connectivity index (χ0v) is 15.9. The number of hydrogen-bond donors (Lipinski definition) is 1. The average Bonchev–Trinajstić information content (AvgIpc) is 2.66. The molecule has 2 aromatic carbocycles. The van der Waals surface area contributed by atoms with Crippen LogP contribution in [-0.4, -0.2) is 26.7 Å². The van der Waals surface area contributed by atoms with E-state index in [1.807, 2.05) is 24.3 Å². The number of benzene rings is 2. The summed E-state index contributed by atoms with van der Waals surface area (Å²) in [6.45, 7) is 5.30. The van der Waals surface area contributed by atoms with Gasteiger partial charge in [-0.3, -0.25) is 4.79 Å². The van der Waals surface area contributed by atoms with E-state index in [1.54, 1.807) is 32.4 Å². The monoisotopic (exact) mass is 357 g/mol. The molecule has 0 aromatic heterocycles. The minimum atomic E-state index is -0.178. The first kappa shape index (κ1) is 19.6. The summed E-state index contributed by atoms with van der Waals surface area (Å²) in [5, 5.41) is 2.90. The minimum absolute atomic E-state index is 0.178. The van der Waals surface area contributed by atoms with Crippen LogP contribution in [-0.2, 0) is 6.54 Å². The Morgan fingerprint density at radius 2 is 1.73 bits per heavy atom. The molecule has 0 aliphatic heterocycles. The fourth-order valence-corrected chi connectivity index (χ4v) is 2.46. The standard InChI is InChI=1S/C21H27NO4/c1-15(2)11-12-26-19-10-9-16(13-20(19)25-4)21(23)22-14-17-7-5-6-8-18(17)24-3/h5-10,13,15H,11-12,14H2,1-4H3,(H,22,23). The highest BCUT2D eigenvalue weighted by Crippen LogP contribution is 2.28. The van der Waals surface area contributed by atoms with E-state index < -0.39 is 0 Å². The summed E-state index contributed by atoms with van der Waals surface area (Å²) in [5.41, 5.74) is 1.44. The van der Waals surface area contributed by atoms with Gasteiger partial charge < -0.3 is 19.5 Å². The number of hydrogen-bond acceptors (Lipinski definition) is 4. The Kier molecular flexibility index (Phi) is 7.33. The average molecular weight is 357 g/mol. The Morgan fingerprint density at radius 3 is 2.42 bits per heavy atom. The van der Waals surface area contributed by atoms with Gasteiger partial charge in [-0.05, 0) is 36.6 Å². The van der Waals surface area contributed by atoms with E-state index in [1.165, 1.54) is 0 Å². The first-order valence-electron chi connectivity index (χ1n) is 8.76. The Balaban J connectivity index is 2.02. The molecule has 0 aliphatic carbocycles. The number of nitrogens with one attached hydrogen (secondary N) is 1. The Hall–Kier alpha value is -2.69. The first-order valence-corrected chi connectivity index (χ1v) is 8.76. The molecule has 0 saturated carbocycles. The second-order valence-electron chi connectivity index (χ2n) is 6.39. The zero-order chi connectivity index (χ0) is 18.9. The van der Waals surface area contributed by atoms with Crippen LogP contribution in [0.1, 0.15) is 36.2 Å². The van der Waals surface area contributed by atoms with Crippen LogP contribution in [0.3, 0.4) is 0 Å². The van der Waals surface area contributed by atoms with Crippen LogP contribution in [0.25, 0.3) is 0 Å². The first-order chi connectivity index (χ1) is 12.5. The van der Waals surface area contributed by atoms with Gasteiger partial charge in [0.15, 0.2) is 11.5 Å². The quantitative estimate of drug-likeness (QED) is 0.735. The van der Waals surface area contributed by atoms with Crippen LogP contribution in [0.2, 0.25) is 0 Å². The molecule has 0 saturated heterocycles. The summed E-state index contributed by atoms with van der Waals surface area (Å²) in [4.78, 5) is 12.5. The number of carbonyl (C=O) groups is 1. The second kappa shape index (κ2) is 9.70. The number of rotatable bonds is 9. The molecule has 0 heterocycles. The molecule has 0 aliphatic rings. The third kappa shape index (κ3) is 5.41. The molecule has 1 N–H and O–H groups in total. The van der Waals surface area contributed by atoms with Crippen molar-refractivity contribution >= 4 is 5.91 Å². The lowest BCUT2D eigenvalue weighted by Gasteiger charge is -2.13. The fourth-order valence-electron chi connectivity index (χ4n) is 2.46. The Labute approximate surface area is 155 Å². The number of carbonyl (C=O) groups excluding carboxylic acids is 1. The summed E-state index contributed by atoms with van der Waals surface area (Å²) in [6, 6.07) is 12.8. The molecule has 5 nitrogen and oxygen atoms in total. The van der Waals surface area contributed by atoms with Crippen molar-refractivity contribution in [3.63, 3.8) is 0 Å². The van der Waals surface area contributed by atoms with E-state index in [9.17, 15) is 4.79 Å². The molecule has 2 aromatic rings. The summed E-state index contributed by atoms with van der Waals surface area (Å²) >= 11 is 0. The molecule has 0 bridgehead atoms. The van der Waals surface area contributed by atoms with Crippen LogP contribution < -0.4 is 19.5 Å². The van der Waals surface area contributed by atoms with Gasteiger partial charge in [-0.1, -0.05) is 32.0 Å². The Bertz CT molecular complexity index is 728. The minimum Gasteiger partial charge on any atom is -0.496 e. The zero-order valence-electron chi connectivity index (χ0n) is 15.9. The molecule has 0 unspecified atom stereocenters. The normalized spacial score (nSPS) is 10.5. The molecule has 1 amide bonds. The van der Waals surface area contributed by atoms with Gasteiger partial charge in [0, 0.05) is 17.7 Å². The molecular formula is C21H27NO4. The van der Waals surface area contributed by atoms with Gasteiger partial charge in [0.1, 0.15) is 5.75 Å².